The zero-order valence-corrected chi connectivity index (χ0v) is 19.0. The molecule has 0 aliphatic rings. The molecule has 2 aromatic carbocycles. The van der Waals surface area contributed by atoms with Gasteiger partial charge in [-0.2, -0.15) is 0 Å². The van der Waals surface area contributed by atoms with Gasteiger partial charge in [0.05, 0.1) is 38.5 Å². The topological polar surface area (TPSA) is 117 Å². The molecule has 0 saturated carbocycles. The fraction of sp³-hybridized carbons (Fsp3) is 0.273. The Labute approximate surface area is 186 Å². The first-order valence-corrected chi connectivity index (χ1v) is 11.3. The third kappa shape index (κ3) is 5.20. The molecule has 0 saturated heterocycles. The molecule has 170 valence electrons. The molecule has 1 N–H and O–H groups in total. The number of carbonyl (C=O) groups excluding carboxylic acids is 1. The van der Waals surface area contributed by atoms with Crippen LogP contribution in [0.2, 0.25) is 0 Å². The van der Waals surface area contributed by atoms with Gasteiger partial charge < -0.3 is 24.1 Å². The zero-order chi connectivity index (χ0) is 23.3. The molecule has 0 fully saturated rings. The van der Waals surface area contributed by atoms with Crippen LogP contribution in [0.3, 0.4) is 0 Å². The van der Waals surface area contributed by atoms with Crippen molar-refractivity contribution in [3.63, 3.8) is 0 Å². The molecule has 3 aromatic rings. The second kappa shape index (κ2) is 9.73. The van der Waals surface area contributed by atoms with Gasteiger partial charge >= 0.3 is 0 Å². The Morgan fingerprint density at radius 2 is 1.75 bits per heavy atom. The second-order valence-corrected chi connectivity index (χ2v) is 8.96. The monoisotopic (exact) mass is 460 g/mol. The number of hydrogen-bond acceptors (Lipinski definition) is 8. The van der Waals surface area contributed by atoms with E-state index in [0.29, 0.717) is 34.2 Å². The molecule has 0 bridgehead atoms. The third-order valence-corrected chi connectivity index (χ3v) is 6.42. The Morgan fingerprint density at radius 1 is 1.00 bits per heavy atom. The lowest BCUT2D eigenvalue weighted by atomic mass is 10.1. The van der Waals surface area contributed by atoms with Crippen LogP contribution in [0.1, 0.15) is 12.1 Å². The quantitative estimate of drug-likeness (QED) is 0.516. The van der Waals surface area contributed by atoms with Crippen molar-refractivity contribution >= 4 is 21.4 Å². The fourth-order valence-corrected chi connectivity index (χ4v) is 4.46. The van der Waals surface area contributed by atoms with Gasteiger partial charge in [0.15, 0.2) is 15.6 Å². The summed E-state index contributed by atoms with van der Waals surface area (Å²) in [5, 5.41) is 6.49. The SMILES string of the molecule is COc1ccc(NC(=O)CCS(=O)(=O)c2cc(-c3cc(C)no3)ccc2OC)c(OC)c1. The maximum absolute atomic E-state index is 13.0. The standard InChI is InChI=1S/C22H24N2O7S/c1-14-11-19(31-24-14)15-5-8-18(29-3)21(12-15)32(26,27)10-9-22(25)23-17-7-6-16(28-2)13-20(17)30-4/h5-8,11-13H,9-10H2,1-4H3,(H,23,25). The third-order valence-electron chi connectivity index (χ3n) is 4.69. The van der Waals surface area contributed by atoms with E-state index >= 15 is 0 Å². The van der Waals surface area contributed by atoms with Gasteiger partial charge in [-0.1, -0.05) is 5.16 Å². The number of anilines is 1. The van der Waals surface area contributed by atoms with Gasteiger partial charge in [-0.05, 0) is 37.3 Å². The number of amides is 1. The maximum Gasteiger partial charge on any atom is 0.225 e. The minimum atomic E-state index is -3.84. The first-order valence-electron chi connectivity index (χ1n) is 9.63. The average molecular weight is 461 g/mol. The summed E-state index contributed by atoms with van der Waals surface area (Å²) in [6, 6.07) is 11.3. The number of aromatic nitrogens is 1. The Morgan fingerprint density at radius 3 is 2.38 bits per heavy atom. The number of sulfone groups is 1. The maximum atomic E-state index is 13.0. The van der Waals surface area contributed by atoms with Crippen molar-refractivity contribution in [1.82, 2.24) is 5.16 Å². The first-order chi connectivity index (χ1) is 15.3. The van der Waals surface area contributed by atoms with Crippen LogP contribution in [0.25, 0.3) is 11.3 Å². The lowest BCUT2D eigenvalue weighted by Gasteiger charge is -2.13. The van der Waals surface area contributed by atoms with Crippen molar-refractivity contribution < 1.29 is 31.9 Å². The van der Waals surface area contributed by atoms with E-state index in [4.69, 9.17) is 18.7 Å². The highest BCUT2D eigenvalue weighted by Crippen LogP contribution is 2.32. The van der Waals surface area contributed by atoms with Gasteiger partial charge in [0.25, 0.3) is 0 Å². The number of rotatable bonds is 9. The fourth-order valence-electron chi connectivity index (χ4n) is 3.02. The van der Waals surface area contributed by atoms with Crippen LogP contribution >= 0.6 is 0 Å². The number of aryl methyl sites for hydroxylation is 1. The van der Waals surface area contributed by atoms with Crippen LogP contribution in [0.15, 0.2) is 51.9 Å². The van der Waals surface area contributed by atoms with Crippen molar-refractivity contribution in [2.45, 2.75) is 18.2 Å². The van der Waals surface area contributed by atoms with E-state index in [1.54, 1.807) is 43.3 Å². The highest BCUT2D eigenvalue weighted by atomic mass is 32.2. The average Bonchev–Trinajstić information content (AvgIpc) is 3.23. The molecule has 0 aliphatic carbocycles. The van der Waals surface area contributed by atoms with E-state index in [0.717, 1.165) is 0 Å². The Kier molecular flexibility index (Phi) is 7.04. The molecule has 10 heteroatoms. The van der Waals surface area contributed by atoms with Crippen molar-refractivity contribution in [2.24, 2.45) is 0 Å². The summed E-state index contributed by atoms with van der Waals surface area (Å²) in [7, 11) is 0.526. The summed E-state index contributed by atoms with van der Waals surface area (Å²) in [5.41, 5.74) is 1.62. The molecular weight excluding hydrogens is 436 g/mol. The van der Waals surface area contributed by atoms with Gasteiger partial charge in [-0.15, -0.1) is 0 Å². The van der Waals surface area contributed by atoms with Crippen molar-refractivity contribution in [3.05, 3.63) is 48.2 Å². The highest BCUT2D eigenvalue weighted by molar-refractivity contribution is 7.91. The van der Waals surface area contributed by atoms with E-state index in [1.165, 1.54) is 27.4 Å². The number of ether oxygens (including phenoxy) is 3. The predicted octanol–water partition coefficient (Wildman–Crippen LogP) is 3.48. The number of nitrogens with one attached hydrogen (secondary N) is 1. The Bertz CT molecular complexity index is 1220. The van der Waals surface area contributed by atoms with Crippen LogP contribution in [0.5, 0.6) is 17.2 Å². The van der Waals surface area contributed by atoms with Gasteiger partial charge in [0.2, 0.25) is 5.91 Å². The normalized spacial score (nSPS) is 11.1. The van der Waals surface area contributed by atoms with Gasteiger partial charge in [-0.3, -0.25) is 4.79 Å². The molecule has 32 heavy (non-hydrogen) atoms. The minimum Gasteiger partial charge on any atom is -0.497 e. The summed E-state index contributed by atoms with van der Waals surface area (Å²) < 4.78 is 46.9. The highest BCUT2D eigenvalue weighted by Gasteiger charge is 2.23. The molecule has 0 aliphatic heterocycles. The van der Waals surface area contributed by atoms with Crippen LogP contribution < -0.4 is 19.5 Å². The molecule has 1 heterocycles. The Balaban J connectivity index is 1.77. The smallest absolute Gasteiger partial charge is 0.225 e. The summed E-state index contributed by atoms with van der Waals surface area (Å²) in [6.45, 7) is 1.77. The number of nitrogens with zero attached hydrogens (tertiary/aromatic N) is 1. The minimum absolute atomic E-state index is 0.0265. The number of hydrogen-bond donors (Lipinski definition) is 1. The van der Waals surface area contributed by atoms with Crippen molar-refractivity contribution in [1.29, 1.82) is 0 Å². The van der Waals surface area contributed by atoms with E-state index in [1.807, 2.05) is 0 Å². The van der Waals surface area contributed by atoms with Crippen molar-refractivity contribution in [2.75, 3.05) is 32.4 Å². The summed E-state index contributed by atoms with van der Waals surface area (Å²) in [6.07, 6.45) is -0.258. The lowest BCUT2D eigenvalue weighted by Crippen LogP contribution is -2.18. The van der Waals surface area contributed by atoms with Crippen LogP contribution in [-0.2, 0) is 14.6 Å². The molecule has 0 radical (unpaired) electrons. The van der Waals surface area contributed by atoms with Gasteiger partial charge in [0, 0.05) is 24.1 Å². The molecule has 0 unspecified atom stereocenters. The van der Waals surface area contributed by atoms with Gasteiger partial charge in [0.1, 0.15) is 22.1 Å². The Hall–Kier alpha value is -3.53. The van der Waals surface area contributed by atoms with Crippen LogP contribution in [0, 0.1) is 6.92 Å². The van der Waals surface area contributed by atoms with Gasteiger partial charge in [-0.25, -0.2) is 8.42 Å². The number of carbonyl (C=O) groups is 1. The van der Waals surface area contributed by atoms with E-state index in [9.17, 15) is 13.2 Å². The van der Waals surface area contributed by atoms with Crippen molar-refractivity contribution in [3.8, 4) is 28.6 Å². The van der Waals surface area contributed by atoms with E-state index in [-0.39, 0.29) is 17.1 Å². The van der Waals surface area contributed by atoms with Crippen LogP contribution in [0.4, 0.5) is 5.69 Å². The lowest BCUT2D eigenvalue weighted by molar-refractivity contribution is -0.115. The molecule has 3 rings (SSSR count). The van der Waals surface area contributed by atoms with Crippen LogP contribution in [-0.4, -0.2) is 46.6 Å². The summed E-state index contributed by atoms with van der Waals surface area (Å²) >= 11 is 0. The van der Waals surface area contributed by atoms with E-state index < -0.39 is 21.5 Å². The predicted molar refractivity (Wildman–Crippen MR) is 118 cm³/mol. The van der Waals surface area contributed by atoms with E-state index in [2.05, 4.69) is 10.5 Å². The molecule has 1 aromatic heterocycles. The second-order valence-electron chi connectivity index (χ2n) is 6.88. The molecule has 0 spiro atoms. The molecular formula is C22H24N2O7S. The molecule has 9 nitrogen and oxygen atoms in total. The first kappa shape index (κ1) is 23.1. The molecule has 0 atom stereocenters. The molecule has 1 amide bonds. The zero-order valence-electron chi connectivity index (χ0n) is 18.2. The largest absolute Gasteiger partial charge is 0.497 e. The number of benzene rings is 2. The number of methoxy groups -OCH3 is 3. The summed E-state index contributed by atoms with van der Waals surface area (Å²) in [5.74, 6) is 0.701. The summed E-state index contributed by atoms with van der Waals surface area (Å²) in [4.78, 5) is 12.4.